The quantitative estimate of drug-likeness (QED) is 0.708. The van der Waals surface area contributed by atoms with Crippen LogP contribution in [0.2, 0.25) is 0 Å². The average molecular weight is 412 g/mol. The first-order valence-electron chi connectivity index (χ1n) is 9.51. The van der Waals surface area contributed by atoms with Crippen molar-refractivity contribution in [2.45, 2.75) is 5.92 Å². The number of esters is 1. The molecular formula is C22H20O8. The first kappa shape index (κ1) is 18.6. The topological polar surface area (TPSA) is 89.5 Å². The van der Waals surface area contributed by atoms with Crippen LogP contribution in [-0.4, -0.2) is 46.5 Å². The normalized spacial score (nSPS) is 23.5. The lowest BCUT2D eigenvalue weighted by atomic mass is 9.67. The third-order valence-electron chi connectivity index (χ3n) is 6.00. The number of hydrogen-bond donors (Lipinski definition) is 0. The molecule has 0 unspecified atom stereocenters. The maximum absolute atomic E-state index is 13.2. The Morgan fingerprint density at radius 1 is 0.867 bits per heavy atom. The van der Waals surface area contributed by atoms with Gasteiger partial charge in [0.2, 0.25) is 12.5 Å². The van der Waals surface area contributed by atoms with E-state index < -0.39 is 23.7 Å². The molecule has 0 amide bonds. The second-order valence-corrected chi connectivity index (χ2v) is 7.36. The summed E-state index contributed by atoms with van der Waals surface area (Å²) >= 11 is 0. The van der Waals surface area contributed by atoms with Crippen molar-refractivity contribution in [3.8, 4) is 28.7 Å². The second kappa shape index (κ2) is 6.83. The molecule has 8 heteroatoms. The lowest BCUT2D eigenvalue weighted by Gasteiger charge is -2.33. The molecule has 0 N–H and O–H groups in total. The molecule has 5 rings (SSSR count). The summed E-state index contributed by atoms with van der Waals surface area (Å²) in [4.78, 5) is 25.9. The number of cyclic esters (lactones) is 1. The minimum Gasteiger partial charge on any atom is -0.493 e. The fourth-order valence-electron chi connectivity index (χ4n) is 4.63. The Kier molecular flexibility index (Phi) is 4.23. The molecule has 2 heterocycles. The van der Waals surface area contributed by atoms with Gasteiger partial charge in [-0.15, -0.1) is 0 Å². The Morgan fingerprint density at radius 3 is 2.17 bits per heavy atom. The average Bonchev–Trinajstić information content (AvgIpc) is 3.38. The number of ketones is 1. The number of carbonyl (C=O) groups is 2. The van der Waals surface area contributed by atoms with E-state index in [1.165, 1.54) is 21.3 Å². The van der Waals surface area contributed by atoms with Gasteiger partial charge in [0, 0.05) is 11.5 Å². The number of fused-ring (bicyclic) bond motifs is 3. The molecule has 2 aromatic rings. The lowest BCUT2D eigenvalue weighted by Crippen LogP contribution is -2.36. The Morgan fingerprint density at radius 2 is 1.53 bits per heavy atom. The van der Waals surface area contributed by atoms with Crippen molar-refractivity contribution in [1.82, 2.24) is 0 Å². The minimum absolute atomic E-state index is 0.0666. The number of hydrogen-bond acceptors (Lipinski definition) is 8. The van der Waals surface area contributed by atoms with Gasteiger partial charge in [-0.1, -0.05) is 0 Å². The van der Waals surface area contributed by atoms with E-state index in [-0.39, 0.29) is 19.2 Å². The number of benzene rings is 2. The zero-order chi connectivity index (χ0) is 21.0. The number of rotatable bonds is 4. The molecule has 1 aliphatic carbocycles. The van der Waals surface area contributed by atoms with E-state index >= 15 is 0 Å². The number of Topliss-reactive ketones (excluding diaryl/α,β-unsaturated/α-hetero) is 1. The molecule has 0 radical (unpaired) electrons. The standard InChI is InChI=1S/C22H20O8/c1-25-16-4-10(5-17(26-2)21(16)27-3)18-11-6-14-15(30-9-29-14)7-12(11)20(23)13-8-28-22(24)19(13)18/h4-7,13,18-19H,8-9H2,1-3H3/t13-,18+,19-/m1/s1. The molecule has 1 saturated heterocycles. The van der Waals surface area contributed by atoms with Crippen molar-refractivity contribution >= 4 is 11.8 Å². The smallest absolute Gasteiger partial charge is 0.310 e. The zero-order valence-corrected chi connectivity index (χ0v) is 16.7. The highest BCUT2D eigenvalue weighted by Crippen LogP contribution is 2.52. The van der Waals surface area contributed by atoms with E-state index in [1.807, 2.05) is 0 Å². The first-order chi connectivity index (χ1) is 14.6. The summed E-state index contributed by atoms with van der Waals surface area (Å²) < 4.78 is 32.7. The van der Waals surface area contributed by atoms with E-state index in [4.69, 9.17) is 28.4 Å². The predicted octanol–water partition coefficient (Wildman–Crippen LogP) is 2.56. The molecule has 8 nitrogen and oxygen atoms in total. The fourth-order valence-corrected chi connectivity index (χ4v) is 4.63. The number of carbonyl (C=O) groups excluding carboxylic acids is 2. The molecule has 1 fully saturated rings. The summed E-state index contributed by atoms with van der Waals surface area (Å²) in [5.41, 5.74) is 1.96. The molecule has 0 bridgehead atoms. The summed E-state index contributed by atoms with van der Waals surface area (Å²) in [5.74, 6) is 0.287. The van der Waals surface area contributed by atoms with Crippen LogP contribution in [0.4, 0.5) is 0 Å². The SMILES string of the molecule is COc1cc([C@H]2c3cc4c(cc3C(=O)[C@@H]3COC(=O)[C@@H]23)OCO4)cc(OC)c1OC. The Balaban J connectivity index is 1.75. The van der Waals surface area contributed by atoms with E-state index in [2.05, 4.69) is 0 Å². The van der Waals surface area contributed by atoms with E-state index in [0.717, 1.165) is 5.56 Å². The van der Waals surface area contributed by atoms with Gasteiger partial charge in [0.25, 0.3) is 0 Å². The third kappa shape index (κ3) is 2.52. The van der Waals surface area contributed by atoms with Crippen molar-refractivity contribution < 1.29 is 38.0 Å². The summed E-state index contributed by atoms with van der Waals surface area (Å²) in [7, 11) is 4.59. The van der Waals surface area contributed by atoms with E-state index in [1.54, 1.807) is 24.3 Å². The van der Waals surface area contributed by atoms with E-state index in [0.29, 0.717) is 39.9 Å². The van der Waals surface area contributed by atoms with Crippen molar-refractivity contribution in [1.29, 1.82) is 0 Å². The minimum atomic E-state index is -0.645. The molecular weight excluding hydrogens is 392 g/mol. The first-order valence-corrected chi connectivity index (χ1v) is 9.51. The number of ether oxygens (including phenoxy) is 6. The highest BCUT2D eigenvalue weighted by Gasteiger charge is 2.52. The summed E-state index contributed by atoms with van der Waals surface area (Å²) in [6.07, 6.45) is 0. The van der Waals surface area contributed by atoms with E-state index in [9.17, 15) is 9.59 Å². The third-order valence-corrected chi connectivity index (χ3v) is 6.00. The molecule has 0 saturated carbocycles. The predicted molar refractivity (Wildman–Crippen MR) is 103 cm³/mol. The Hall–Kier alpha value is -3.42. The van der Waals surface area contributed by atoms with Crippen LogP contribution in [-0.2, 0) is 9.53 Å². The maximum atomic E-state index is 13.2. The van der Waals surface area contributed by atoms with Crippen LogP contribution in [0.3, 0.4) is 0 Å². The lowest BCUT2D eigenvalue weighted by molar-refractivity contribution is -0.141. The maximum Gasteiger partial charge on any atom is 0.310 e. The van der Waals surface area contributed by atoms with Crippen LogP contribution < -0.4 is 23.7 Å². The van der Waals surface area contributed by atoms with Crippen molar-refractivity contribution in [2.75, 3.05) is 34.7 Å². The molecule has 156 valence electrons. The second-order valence-electron chi connectivity index (χ2n) is 7.36. The van der Waals surface area contributed by atoms with Gasteiger partial charge in [-0.3, -0.25) is 9.59 Å². The van der Waals surface area contributed by atoms with Crippen LogP contribution >= 0.6 is 0 Å². The molecule has 30 heavy (non-hydrogen) atoms. The largest absolute Gasteiger partial charge is 0.493 e. The Bertz CT molecular complexity index is 1030. The van der Waals surface area contributed by atoms with Crippen LogP contribution in [0, 0.1) is 11.8 Å². The molecule has 0 aromatic heterocycles. The van der Waals surface area contributed by atoms with Crippen molar-refractivity contribution in [3.63, 3.8) is 0 Å². The van der Waals surface area contributed by atoms with Gasteiger partial charge in [-0.05, 0) is 35.4 Å². The van der Waals surface area contributed by atoms with Gasteiger partial charge < -0.3 is 28.4 Å². The van der Waals surface area contributed by atoms with Crippen LogP contribution in [0.5, 0.6) is 28.7 Å². The van der Waals surface area contributed by atoms with Crippen molar-refractivity contribution in [3.05, 3.63) is 41.0 Å². The molecule has 2 aliphatic heterocycles. The molecule has 3 aliphatic rings. The summed E-state index contributed by atoms with van der Waals surface area (Å²) in [5, 5.41) is 0. The van der Waals surface area contributed by atoms with Crippen LogP contribution in [0.15, 0.2) is 24.3 Å². The highest BCUT2D eigenvalue weighted by atomic mass is 16.7. The van der Waals surface area contributed by atoms with Crippen molar-refractivity contribution in [2.24, 2.45) is 11.8 Å². The zero-order valence-electron chi connectivity index (χ0n) is 16.7. The molecule has 3 atom stereocenters. The van der Waals surface area contributed by atoms with Gasteiger partial charge in [-0.25, -0.2) is 0 Å². The summed E-state index contributed by atoms with van der Waals surface area (Å²) in [6.45, 7) is 0.160. The van der Waals surface area contributed by atoms with Gasteiger partial charge in [0.15, 0.2) is 28.8 Å². The van der Waals surface area contributed by atoms with Crippen LogP contribution in [0.25, 0.3) is 0 Å². The summed E-state index contributed by atoms with van der Waals surface area (Å²) in [6, 6.07) is 7.09. The molecule has 0 spiro atoms. The van der Waals surface area contributed by atoms with Gasteiger partial charge in [-0.2, -0.15) is 0 Å². The van der Waals surface area contributed by atoms with Gasteiger partial charge in [0.1, 0.15) is 6.61 Å². The Labute approximate surface area is 172 Å². The molecule has 2 aromatic carbocycles. The van der Waals surface area contributed by atoms with Gasteiger partial charge >= 0.3 is 5.97 Å². The van der Waals surface area contributed by atoms with Crippen LogP contribution in [0.1, 0.15) is 27.4 Å². The van der Waals surface area contributed by atoms with Gasteiger partial charge in [0.05, 0.1) is 33.2 Å². The monoisotopic (exact) mass is 412 g/mol. The number of methoxy groups -OCH3 is 3. The fraction of sp³-hybridized carbons (Fsp3) is 0.364. The highest BCUT2D eigenvalue weighted by molar-refractivity contribution is 6.05.